The lowest BCUT2D eigenvalue weighted by atomic mass is 10.2. The summed E-state index contributed by atoms with van der Waals surface area (Å²) in [6, 6.07) is 18.6. The van der Waals surface area contributed by atoms with Crippen molar-refractivity contribution >= 4 is 30.5 Å². The van der Waals surface area contributed by atoms with Crippen molar-refractivity contribution in [2.24, 2.45) is 0 Å². The van der Waals surface area contributed by atoms with Gasteiger partial charge in [0.1, 0.15) is 31.3 Å². The first kappa shape index (κ1) is 26.4. The van der Waals surface area contributed by atoms with Crippen LogP contribution in [0.1, 0.15) is 18.1 Å². The first-order valence-electron chi connectivity index (χ1n) is 11.7. The molecule has 0 fully saturated rings. The molecule has 0 saturated heterocycles. The number of hydrogen-bond acceptors (Lipinski definition) is 9. The molecule has 0 aliphatic heterocycles. The summed E-state index contributed by atoms with van der Waals surface area (Å²) in [7, 11) is -3.58. The number of nitrogen functional groups attached to an aromatic ring is 1. The third-order valence-electron chi connectivity index (χ3n) is 5.40. The number of benzene rings is 2. The number of nitrogens with one attached hydrogen (secondary N) is 1. The summed E-state index contributed by atoms with van der Waals surface area (Å²) in [6.45, 7) is 2.12. The monoisotopic (exact) mass is 524 g/mol. The smallest absolute Gasteiger partial charge is 0.320 e. The van der Waals surface area contributed by atoms with Crippen molar-refractivity contribution < 1.29 is 23.4 Å². The molecule has 2 aromatic carbocycles. The van der Waals surface area contributed by atoms with Crippen molar-refractivity contribution in [1.29, 1.82) is 0 Å². The molecule has 0 aliphatic carbocycles. The van der Waals surface area contributed by atoms with Gasteiger partial charge in [0.15, 0.2) is 11.5 Å². The van der Waals surface area contributed by atoms with Crippen molar-refractivity contribution in [1.82, 2.24) is 24.6 Å². The van der Waals surface area contributed by atoms with E-state index in [4.69, 9.17) is 19.7 Å². The first-order chi connectivity index (χ1) is 17.9. The fraction of sp³-hybridized carbons (Fsp3) is 0.280. The minimum absolute atomic E-state index is 0.0876. The van der Waals surface area contributed by atoms with E-state index < -0.39 is 13.5 Å². The Kier molecular flexibility index (Phi) is 8.97. The van der Waals surface area contributed by atoms with Gasteiger partial charge >= 0.3 is 5.97 Å². The maximum atomic E-state index is 13.6. The summed E-state index contributed by atoms with van der Waals surface area (Å²) in [5.74, 6) is -0.262. The number of nitrogens with zero attached hydrogens (tertiary/aromatic N) is 4. The van der Waals surface area contributed by atoms with Crippen LogP contribution >= 0.6 is 7.52 Å². The maximum absolute atomic E-state index is 13.6. The van der Waals surface area contributed by atoms with Gasteiger partial charge < -0.3 is 24.3 Å². The van der Waals surface area contributed by atoms with Crippen LogP contribution in [0.15, 0.2) is 73.3 Å². The summed E-state index contributed by atoms with van der Waals surface area (Å²) >= 11 is 0. The number of carbonyl (C=O) groups is 1. The van der Waals surface area contributed by atoms with Crippen molar-refractivity contribution in [2.45, 2.75) is 32.8 Å². The minimum Gasteiger partial charge on any atom is -0.460 e. The van der Waals surface area contributed by atoms with Gasteiger partial charge in [0.25, 0.3) is 7.52 Å². The molecule has 0 saturated carbocycles. The molecule has 2 aromatic heterocycles. The Morgan fingerprint density at radius 1 is 1.03 bits per heavy atom. The van der Waals surface area contributed by atoms with Gasteiger partial charge in [-0.2, -0.15) is 0 Å². The zero-order chi connectivity index (χ0) is 26.1. The molecule has 0 spiro atoms. The van der Waals surface area contributed by atoms with E-state index in [1.54, 1.807) is 10.9 Å². The van der Waals surface area contributed by atoms with Crippen LogP contribution in [0.2, 0.25) is 0 Å². The van der Waals surface area contributed by atoms with Crippen molar-refractivity contribution in [3.05, 3.63) is 84.4 Å². The Morgan fingerprint density at radius 2 is 1.70 bits per heavy atom. The number of imidazole rings is 1. The van der Waals surface area contributed by atoms with Crippen LogP contribution in [-0.2, 0) is 43.1 Å². The van der Waals surface area contributed by atoms with E-state index in [2.05, 4.69) is 20.0 Å². The van der Waals surface area contributed by atoms with Crippen LogP contribution < -0.4 is 10.8 Å². The number of anilines is 1. The van der Waals surface area contributed by atoms with Gasteiger partial charge in [-0.1, -0.05) is 60.7 Å². The summed E-state index contributed by atoms with van der Waals surface area (Å²) < 4.78 is 32.3. The highest BCUT2D eigenvalue weighted by Gasteiger charge is 2.26. The third-order valence-corrected chi connectivity index (χ3v) is 7.08. The molecule has 4 aromatic rings. The lowest BCUT2D eigenvalue weighted by molar-refractivity contribution is -0.143. The van der Waals surface area contributed by atoms with Gasteiger partial charge in [-0.05, 0) is 18.1 Å². The summed E-state index contributed by atoms with van der Waals surface area (Å²) in [6.07, 6.45) is 2.33. The molecule has 3 N–H and O–H groups in total. The number of carbonyl (C=O) groups excluding carboxylic acids is 1. The highest BCUT2D eigenvalue weighted by Crippen LogP contribution is 2.43. The third kappa shape index (κ3) is 7.68. The Labute approximate surface area is 214 Å². The predicted octanol–water partition coefficient (Wildman–Crippen LogP) is 3.51. The molecular formula is C25H29N6O5P. The second kappa shape index (κ2) is 12.6. The number of nitrogens with two attached hydrogens (primary N) is 1. The van der Waals surface area contributed by atoms with Gasteiger partial charge in [-0.3, -0.25) is 9.36 Å². The standard InChI is InChI=1S/C25H29N6O5P/c1-19(13-31-17-29-23-24(26)27-16-28-25(23)31)35-18-37(33,36-15-21-10-6-3-7-11-21)30-12-22(32)34-14-20-8-4-2-5-9-20/h2-11,16-17,19H,12-15,18H2,1H3,(H,30,33)(H2,26,27,28)/t19-,37+/m1/s1. The lowest BCUT2D eigenvalue weighted by Crippen LogP contribution is -2.26. The first-order valence-corrected chi connectivity index (χ1v) is 13.5. The molecule has 0 aliphatic rings. The SMILES string of the molecule is C[C@H](Cn1cnc2c(N)ncnc21)OC[P@@](=O)(NCC(=O)OCc1ccccc1)OCc1ccccc1. The van der Waals surface area contributed by atoms with Gasteiger partial charge in [0, 0.05) is 0 Å². The van der Waals surface area contributed by atoms with Crippen molar-refractivity contribution in [3.63, 3.8) is 0 Å². The topological polar surface area (TPSA) is 143 Å². The Hall–Kier alpha value is -3.63. The fourth-order valence-corrected chi connectivity index (χ4v) is 4.88. The van der Waals surface area contributed by atoms with Gasteiger partial charge in [-0.25, -0.2) is 20.0 Å². The molecule has 37 heavy (non-hydrogen) atoms. The van der Waals surface area contributed by atoms with Gasteiger partial charge in [-0.15, -0.1) is 0 Å². The van der Waals surface area contributed by atoms with Crippen LogP contribution in [0.4, 0.5) is 5.82 Å². The van der Waals surface area contributed by atoms with Gasteiger partial charge in [0.2, 0.25) is 0 Å². The minimum atomic E-state index is -3.58. The van der Waals surface area contributed by atoms with E-state index in [0.29, 0.717) is 23.5 Å². The predicted molar refractivity (Wildman–Crippen MR) is 138 cm³/mol. The maximum Gasteiger partial charge on any atom is 0.320 e. The second-order valence-corrected chi connectivity index (χ2v) is 10.5. The van der Waals surface area contributed by atoms with Crippen molar-refractivity contribution in [3.8, 4) is 0 Å². The van der Waals surface area contributed by atoms with E-state index in [9.17, 15) is 9.36 Å². The summed E-state index contributed by atoms with van der Waals surface area (Å²) in [5, 5.41) is 2.73. The van der Waals surface area contributed by atoms with Crippen LogP contribution in [0.25, 0.3) is 11.2 Å². The largest absolute Gasteiger partial charge is 0.460 e. The second-order valence-electron chi connectivity index (χ2n) is 8.35. The molecule has 0 amide bonds. The average Bonchev–Trinajstić information content (AvgIpc) is 3.33. The normalized spacial score (nSPS) is 13.8. The number of esters is 1. The number of aromatic nitrogens is 4. The van der Waals surface area contributed by atoms with Gasteiger partial charge in [0.05, 0.1) is 25.6 Å². The van der Waals surface area contributed by atoms with Crippen LogP contribution in [-0.4, -0.2) is 44.5 Å². The zero-order valence-corrected chi connectivity index (χ0v) is 21.3. The number of rotatable bonds is 13. The Morgan fingerprint density at radius 3 is 2.41 bits per heavy atom. The Balaban J connectivity index is 1.35. The number of ether oxygens (including phenoxy) is 2. The van der Waals surface area contributed by atoms with E-state index in [1.807, 2.05) is 67.6 Å². The highest BCUT2D eigenvalue weighted by atomic mass is 31.2. The molecule has 2 atom stereocenters. The van der Waals surface area contributed by atoms with Crippen LogP contribution in [0.3, 0.4) is 0 Å². The molecule has 12 heteroatoms. The summed E-state index contributed by atoms with van der Waals surface area (Å²) in [4.78, 5) is 24.7. The molecule has 0 unspecified atom stereocenters. The average molecular weight is 525 g/mol. The van der Waals surface area contributed by atoms with E-state index >= 15 is 0 Å². The molecule has 11 nitrogen and oxygen atoms in total. The van der Waals surface area contributed by atoms with E-state index in [1.165, 1.54) is 6.33 Å². The highest BCUT2D eigenvalue weighted by molar-refractivity contribution is 7.56. The number of fused-ring (bicyclic) bond motifs is 1. The Bertz CT molecular complexity index is 1350. The molecule has 0 bridgehead atoms. The molecular weight excluding hydrogens is 495 g/mol. The zero-order valence-electron chi connectivity index (χ0n) is 20.4. The quantitative estimate of drug-likeness (QED) is 0.197. The van der Waals surface area contributed by atoms with Crippen LogP contribution in [0, 0.1) is 0 Å². The van der Waals surface area contributed by atoms with Crippen molar-refractivity contribution in [2.75, 3.05) is 18.6 Å². The molecule has 4 rings (SSSR count). The van der Waals surface area contributed by atoms with Crippen LogP contribution in [0.5, 0.6) is 0 Å². The lowest BCUT2D eigenvalue weighted by Gasteiger charge is -2.22. The molecule has 0 radical (unpaired) electrons. The number of hydrogen-bond donors (Lipinski definition) is 2. The molecule has 194 valence electrons. The van der Waals surface area contributed by atoms with E-state index in [0.717, 1.165) is 11.1 Å². The van der Waals surface area contributed by atoms with E-state index in [-0.39, 0.29) is 32.2 Å². The fourth-order valence-electron chi connectivity index (χ4n) is 3.44. The summed E-state index contributed by atoms with van der Waals surface area (Å²) in [5.41, 5.74) is 8.63. The molecule has 2 heterocycles.